The second-order valence-electron chi connectivity index (χ2n) is 5.79. The molecule has 1 aliphatic heterocycles. The van der Waals surface area contributed by atoms with Crippen molar-refractivity contribution >= 4 is 17.4 Å². The number of benzene rings is 2. The Bertz CT molecular complexity index is 933. The van der Waals surface area contributed by atoms with E-state index in [0.717, 1.165) is 17.2 Å². The van der Waals surface area contributed by atoms with E-state index >= 15 is 0 Å². The van der Waals surface area contributed by atoms with E-state index in [-0.39, 0.29) is 10.7 Å². The Morgan fingerprint density at radius 3 is 2.56 bits per heavy atom. The van der Waals surface area contributed by atoms with Gasteiger partial charge in [-0.15, -0.1) is 0 Å². The van der Waals surface area contributed by atoms with Crippen molar-refractivity contribution in [1.82, 2.24) is 9.78 Å². The molecular weight excluding hydrogens is 351 g/mol. The predicted molar refractivity (Wildman–Crippen MR) is 91.2 cm³/mol. The van der Waals surface area contributed by atoms with E-state index in [1.807, 2.05) is 30.3 Å². The first-order chi connectivity index (χ1) is 11.9. The number of fused-ring (bicyclic) bond motifs is 1. The van der Waals surface area contributed by atoms with E-state index < -0.39 is 11.7 Å². The fraction of sp³-hybridized carbons (Fsp3) is 0.167. The molecule has 25 heavy (non-hydrogen) atoms. The molecular formula is C18H13ClF3N3. The van der Waals surface area contributed by atoms with Gasteiger partial charge in [0, 0.05) is 22.7 Å². The van der Waals surface area contributed by atoms with Gasteiger partial charge in [-0.2, -0.15) is 18.3 Å². The van der Waals surface area contributed by atoms with E-state index in [9.17, 15) is 13.2 Å². The number of anilines is 1. The first kappa shape index (κ1) is 16.0. The van der Waals surface area contributed by atoms with E-state index in [1.54, 1.807) is 0 Å². The van der Waals surface area contributed by atoms with Crippen molar-refractivity contribution in [3.05, 3.63) is 64.7 Å². The van der Waals surface area contributed by atoms with Crippen molar-refractivity contribution in [2.45, 2.75) is 12.6 Å². The summed E-state index contributed by atoms with van der Waals surface area (Å²) < 4.78 is 41.8. The molecule has 0 aliphatic carbocycles. The number of alkyl halides is 3. The molecule has 1 aliphatic rings. The average molecular weight is 364 g/mol. The zero-order chi connectivity index (χ0) is 17.6. The van der Waals surface area contributed by atoms with Gasteiger partial charge in [-0.1, -0.05) is 41.9 Å². The lowest BCUT2D eigenvalue weighted by molar-refractivity contribution is -0.137. The second kappa shape index (κ2) is 5.81. The molecule has 1 aromatic heterocycles. The van der Waals surface area contributed by atoms with Crippen LogP contribution in [0.5, 0.6) is 0 Å². The molecule has 0 saturated carbocycles. The lowest BCUT2D eigenvalue weighted by atomic mass is 10.1. The van der Waals surface area contributed by atoms with Gasteiger partial charge in [0.2, 0.25) is 0 Å². The molecule has 0 saturated heterocycles. The van der Waals surface area contributed by atoms with Gasteiger partial charge in [-0.05, 0) is 24.6 Å². The Morgan fingerprint density at radius 2 is 1.84 bits per heavy atom. The molecule has 3 nitrogen and oxygen atoms in total. The van der Waals surface area contributed by atoms with Gasteiger partial charge >= 0.3 is 6.18 Å². The van der Waals surface area contributed by atoms with Crippen molar-refractivity contribution in [3.63, 3.8) is 0 Å². The molecule has 2 aromatic carbocycles. The van der Waals surface area contributed by atoms with Crippen molar-refractivity contribution < 1.29 is 13.2 Å². The van der Waals surface area contributed by atoms with Gasteiger partial charge in [-0.3, -0.25) is 0 Å². The van der Waals surface area contributed by atoms with Crippen LogP contribution in [0.15, 0.2) is 48.5 Å². The number of aromatic nitrogens is 2. The lowest BCUT2D eigenvalue weighted by Crippen LogP contribution is -2.13. The standard InChI is InChI=1S/C18H13ClF3N3/c19-12-6-7-15(14(10-12)18(20,21)22)25-17-13(8-9-23-17)16(24-25)11-4-2-1-3-5-11/h1-7,10,23H,8-9H2. The van der Waals surface area contributed by atoms with Crippen molar-refractivity contribution in [2.24, 2.45) is 0 Å². The Labute approximate surface area is 147 Å². The molecule has 0 amide bonds. The van der Waals surface area contributed by atoms with Crippen LogP contribution in [0.3, 0.4) is 0 Å². The van der Waals surface area contributed by atoms with Crippen LogP contribution < -0.4 is 5.32 Å². The number of nitrogens with zero attached hydrogens (tertiary/aromatic N) is 2. The maximum Gasteiger partial charge on any atom is 0.418 e. The Kier molecular flexibility index (Phi) is 3.72. The Balaban J connectivity index is 1.94. The highest BCUT2D eigenvalue weighted by Crippen LogP contribution is 2.40. The van der Waals surface area contributed by atoms with Crippen LogP contribution in [0.2, 0.25) is 5.02 Å². The minimum Gasteiger partial charge on any atom is -0.369 e. The summed E-state index contributed by atoms with van der Waals surface area (Å²) in [5.41, 5.74) is 1.66. The highest BCUT2D eigenvalue weighted by molar-refractivity contribution is 6.30. The predicted octanol–water partition coefficient (Wildman–Crippen LogP) is 5.18. The van der Waals surface area contributed by atoms with E-state index in [1.165, 1.54) is 16.8 Å². The highest BCUT2D eigenvalue weighted by atomic mass is 35.5. The minimum atomic E-state index is -4.52. The number of rotatable bonds is 2. The van der Waals surface area contributed by atoms with E-state index in [0.29, 0.717) is 24.5 Å². The summed E-state index contributed by atoms with van der Waals surface area (Å²) in [6, 6.07) is 13.2. The smallest absolute Gasteiger partial charge is 0.369 e. The topological polar surface area (TPSA) is 29.9 Å². The minimum absolute atomic E-state index is 0.0373. The van der Waals surface area contributed by atoms with Gasteiger partial charge in [0.15, 0.2) is 0 Å². The lowest BCUT2D eigenvalue weighted by Gasteiger charge is -2.15. The molecule has 1 N–H and O–H groups in total. The summed E-state index contributed by atoms with van der Waals surface area (Å²) in [6.07, 6.45) is -3.81. The van der Waals surface area contributed by atoms with Gasteiger partial charge < -0.3 is 5.32 Å². The Hall–Kier alpha value is -2.47. The van der Waals surface area contributed by atoms with Gasteiger partial charge in [0.1, 0.15) is 5.82 Å². The molecule has 0 bridgehead atoms. The van der Waals surface area contributed by atoms with Gasteiger partial charge in [0.25, 0.3) is 0 Å². The first-order valence-corrected chi connectivity index (χ1v) is 8.11. The summed E-state index contributed by atoms with van der Waals surface area (Å²) in [7, 11) is 0. The quantitative estimate of drug-likeness (QED) is 0.680. The van der Waals surface area contributed by atoms with Crippen molar-refractivity contribution in [2.75, 3.05) is 11.9 Å². The molecule has 0 unspecified atom stereocenters. The molecule has 2 heterocycles. The summed E-state index contributed by atoms with van der Waals surface area (Å²) in [5, 5.41) is 7.68. The van der Waals surface area contributed by atoms with Gasteiger partial charge in [-0.25, -0.2) is 4.68 Å². The monoisotopic (exact) mass is 363 g/mol. The number of nitrogens with one attached hydrogen (secondary N) is 1. The van der Waals surface area contributed by atoms with Crippen LogP contribution in [0.25, 0.3) is 16.9 Å². The maximum absolute atomic E-state index is 13.5. The van der Waals surface area contributed by atoms with Gasteiger partial charge in [0.05, 0.1) is 16.9 Å². The molecule has 4 rings (SSSR count). The van der Waals surface area contributed by atoms with Crippen LogP contribution in [0, 0.1) is 0 Å². The van der Waals surface area contributed by atoms with E-state index in [4.69, 9.17) is 11.6 Å². The zero-order valence-corrected chi connectivity index (χ0v) is 13.7. The molecule has 0 radical (unpaired) electrons. The average Bonchev–Trinajstić information content (AvgIpc) is 3.17. The fourth-order valence-corrected chi connectivity index (χ4v) is 3.27. The highest BCUT2D eigenvalue weighted by Gasteiger charge is 2.36. The second-order valence-corrected chi connectivity index (χ2v) is 6.23. The molecule has 0 atom stereocenters. The summed E-state index contributed by atoms with van der Waals surface area (Å²) in [6.45, 7) is 0.669. The SMILES string of the molecule is FC(F)(F)c1cc(Cl)ccc1-n1nc(-c2ccccc2)c2c1NCC2. The molecule has 7 heteroatoms. The molecule has 0 fully saturated rings. The van der Waals surface area contributed by atoms with Crippen LogP contribution >= 0.6 is 11.6 Å². The normalized spacial score (nSPS) is 13.6. The third-order valence-electron chi connectivity index (χ3n) is 4.19. The third-order valence-corrected chi connectivity index (χ3v) is 4.43. The summed E-state index contributed by atoms with van der Waals surface area (Å²) in [5.74, 6) is 0.603. The van der Waals surface area contributed by atoms with Crippen LogP contribution in [-0.4, -0.2) is 16.3 Å². The zero-order valence-electron chi connectivity index (χ0n) is 12.9. The number of hydrogen-bond acceptors (Lipinski definition) is 2. The van der Waals surface area contributed by atoms with E-state index in [2.05, 4.69) is 10.4 Å². The maximum atomic E-state index is 13.5. The van der Waals surface area contributed by atoms with Crippen LogP contribution in [0.4, 0.5) is 19.0 Å². The first-order valence-electron chi connectivity index (χ1n) is 7.73. The third kappa shape index (κ3) is 2.76. The molecule has 0 spiro atoms. The number of halogens is 4. The van der Waals surface area contributed by atoms with Crippen molar-refractivity contribution in [3.8, 4) is 16.9 Å². The fourth-order valence-electron chi connectivity index (χ4n) is 3.10. The Morgan fingerprint density at radius 1 is 1.08 bits per heavy atom. The summed E-state index contributed by atoms with van der Waals surface area (Å²) >= 11 is 5.78. The van der Waals surface area contributed by atoms with Crippen LogP contribution in [0.1, 0.15) is 11.1 Å². The largest absolute Gasteiger partial charge is 0.418 e. The van der Waals surface area contributed by atoms with Crippen molar-refractivity contribution in [1.29, 1.82) is 0 Å². The van der Waals surface area contributed by atoms with Crippen LogP contribution in [-0.2, 0) is 12.6 Å². The molecule has 128 valence electrons. The summed E-state index contributed by atoms with van der Waals surface area (Å²) in [4.78, 5) is 0. The molecule has 3 aromatic rings. The number of hydrogen-bond donors (Lipinski definition) is 1.